The van der Waals surface area contributed by atoms with Gasteiger partial charge in [-0.3, -0.25) is 10.3 Å². The van der Waals surface area contributed by atoms with Crippen LogP contribution < -0.4 is 5.32 Å². The van der Waals surface area contributed by atoms with Gasteiger partial charge >= 0.3 is 18.2 Å². The average molecular weight is 415 g/mol. The molecule has 0 aliphatic carbocycles. The summed E-state index contributed by atoms with van der Waals surface area (Å²) in [5.74, 6) is -1.58. The number of benzene rings is 1. The van der Waals surface area contributed by atoms with Gasteiger partial charge in [-0.25, -0.2) is 9.78 Å². The molecule has 0 saturated carbocycles. The van der Waals surface area contributed by atoms with Crippen LogP contribution in [0.1, 0.15) is 11.5 Å². The van der Waals surface area contributed by atoms with Crippen molar-refractivity contribution in [2.45, 2.75) is 12.8 Å². The Morgan fingerprint density at radius 1 is 1.10 bits per heavy atom. The number of ether oxygens (including phenoxy) is 1. The maximum Gasteiger partial charge on any atom is 0.471 e. The molecule has 1 amide bonds. The Morgan fingerprint density at radius 3 is 2.67 bits per heavy atom. The number of nitrogens with one attached hydrogen (secondary N) is 1. The van der Waals surface area contributed by atoms with Crippen LogP contribution in [0.25, 0.3) is 22.3 Å². The number of fused-ring (bicyclic) bond motifs is 1. The van der Waals surface area contributed by atoms with Crippen molar-refractivity contribution in [2.24, 2.45) is 0 Å². The first-order valence-corrected chi connectivity index (χ1v) is 8.53. The number of rotatable bonds is 4. The highest BCUT2D eigenvalue weighted by Gasteiger charge is 2.38. The van der Waals surface area contributed by atoms with Gasteiger partial charge in [0.15, 0.2) is 0 Å². The van der Waals surface area contributed by atoms with Gasteiger partial charge in [-0.1, -0.05) is 23.4 Å². The molecule has 4 rings (SSSR count). The number of halogens is 3. The lowest BCUT2D eigenvalue weighted by Gasteiger charge is -2.07. The van der Waals surface area contributed by atoms with Crippen LogP contribution in [0.5, 0.6) is 0 Å². The predicted molar refractivity (Wildman–Crippen MR) is 98.1 cm³/mol. The van der Waals surface area contributed by atoms with E-state index in [0.29, 0.717) is 5.56 Å². The summed E-state index contributed by atoms with van der Waals surface area (Å²) in [5.41, 5.74) is 1.74. The smallest absolute Gasteiger partial charge is 0.444 e. The van der Waals surface area contributed by atoms with Gasteiger partial charge in [0.2, 0.25) is 5.82 Å². The molecule has 0 saturated heterocycles. The summed E-state index contributed by atoms with van der Waals surface area (Å²) < 4.78 is 46.9. The Bertz CT molecular complexity index is 1190. The van der Waals surface area contributed by atoms with Gasteiger partial charge < -0.3 is 9.26 Å². The summed E-state index contributed by atoms with van der Waals surface area (Å²) in [5, 5.41) is 6.61. The second-order valence-electron chi connectivity index (χ2n) is 6.09. The van der Waals surface area contributed by atoms with Crippen LogP contribution in [0, 0.1) is 0 Å². The highest BCUT2D eigenvalue weighted by molar-refractivity contribution is 5.83. The van der Waals surface area contributed by atoms with Gasteiger partial charge in [0.05, 0.1) is 5.52 Å². The van der Waals surface area contributed by atoms with E-state index in [-0.39, 0.29) is 23.8 Å². The van der Waals surface area contributed by atoms with Gasteiger partial charge in [-0.2, -0.15) is 18.2 Å². The fourth-order valence-corrected chi connectivity index (χ4v) is 2.54. The molecule has 1 aromatic carbocycles. The molecular weight excluding hydrogens is 403 g/mol. The van der Waals surface area contributed by atoms with E-state index in [9.17, 15) is 18.0 Å². The molecule has 0 aliphatic heterocycles. The van der Waals surface area contributed by atoms with Crippen LogP contribution in [0.3, 0.4) is 0 Å². The summed E-state index contributed by atoms with van der Waals surface area (Å²) in [7, 11) is 0. The van der Waals surface area contributed by atoms with Gasteiger partial charge in [0, 0.05) is 28.9 Å². The molecule has 3 heterocycles. The molecular formula is C19H12F3N5O3. The molecule has 3 aromatic heterocycles. The van der Waals surface area contributed by atoms with Crippen LogP contribution in [-0.4, -0.2) is 26.2 Å². The number of hydrogen-bond donors (Lipinski definition) is 1. The minimum absolute atomic E-state index is 0.00479. The number of nitrogens with zero attached hydrogens (tertiary/aromatic N) is 4. The number of aromatic nitrogens is 4. The Hall–Kier alpha value is -4.02. The number of anilines is 1. The second-order valence-corrected chi connectivity index (χ2v) is 6.09. The Labute approximate surface area is 166 Å². The molecule has 1 N–H and O–H groups in total. The number of para-hydroxylation sites is 1. The summed E-state index contributed by atoms with van der Waals surface area (Å²) in [6.45, 7) is 0.00479. The van der Waals surface area contributed by atoms with Gasteiger partial charge in [0.1, 0.15) is 12.4 Å². The number of pyridine rings is 2. The van der Waals surface area contributed by atoms with Crippen molar-refractivity contribution >= 4 is 22.8 Å². The molecule has 0 aliphatic rings. The quantitative estimate of drug-likeness (QED) is 0.525. The molecule has 0 fully saturated rings. The number of carbonyl (C=O) groups excluding carboxylic acids is 1. The summed E-state index contributed by atoms with van der Waals surface area (Å²) in [6, 6.07) is 12.2. The van der Waals surface area contributed by atoms with Crippen LogP contribution in [-0.2, 0) is 17.5 Å². The molecule has 0 radical (unpaired) electrons. The Balaban J connectivity index is 1.35. The molecule has 8 nitrogen and oxygen atoms in total. The zero-order chi connectivity index (χ0) is 21.1. The fourth-order valence-electron chi connectivity index (χ4n) is 2.54. The zero-order valence-corrected chi connectivity index (χ0v) is 15.1. The SMILES string of the molecule is O=C(Nc1ccc(-c2noc(C(F)(F)F)n2)cn1)OCc1cnc2ccccc2c1. The van der Waals surface area contributed by atoms with E-state index in [1.54, 1.807) is 6.20 Å². The highest BCUT2D eigenvalue weighted by Crippen LogP contribution is 2.29. The minimum atomic E-state index is -4.73. The second kappa shape index (κ2) is 7.78. The Kier molecular flexibility index (Phi) is 5.00. The van der Waals surface area contributed by atoms with Crippen molar-refractivity contribution in [3.63, 3.8) is 0 Å². The zero-order valence-electron chi connectivity index (χ0n) is 15.1. The molecule has 0 bridgehead atoms. The fraction of sp³-hybridized carbons (Fsp3) is 0.105. The maximum atomic E-state index is 12.5. The van der Waals surface area contributed by atoms with Crippen molar-refractivity contribution < 1.29 is 27.2 Å². The topological polar surface area (TPSA) is 103 Å². The third kappa shape index (κ3) is 4.35. The van der Waals surface area contributed by atoms with Crippen LogP contribution in [0.4, 0.5) is 23.8 Å². The lowest BCUT2D eigenvalue weighted by atomic mass is 10.2. The molecule has 11 heteroatoms. The predicted octanol–water partition coefficient (Wildman–Crippen LogP) is 4.45. The number of alkyl halides is 3. The minimum Gasteiger partial charge on any atom is -0.444 e. The lowest BCUT2D eigenvalue weighted by Crippen LogP contribution is -2.14. The molecule has 0 unspecified atom stereocenters. The molecule has 152 valence electrons. The average Bonchev–Trinajstić information content (AvgIpc) is 3.23. The van der Waals surface area contributed by atoms with Crippen LogP contribution in [0.15, 0.2) is 59.4 Å². The third-order valence-electron chi connectivity index (χ3n) is 3.94. The first-order valence-electron chi connectivity index (χ1n) is 8.53. The van der Waals surface area contributed by atoms with Crippen LogP contribution >= 0.6 is 0 Å². The van der Waals surface area contributed by atoms with Crippen molar-refractivity contribution in [1.82, 2.24) is 20.1 Å². The largest absolute Gasteiger partial charge is 0.471 e. The number of carbonyl (C=O) groups is 1. The number of hydrogen-bond acceptors (Lipinski definition) is 7. The highest BCUT2D eigenvalue weighted by atomic mass is 19.4. The van der Waals surface area contributed by atoms with Crippen molar-refractivity contribution in [3.8, 4) is 11.4 Å². The van der Waals surface area contributed by atoms with E-state index in [1.807, 2.05) is 30.3 Å². The van der Waals surface area contributed by atoms with Gasteiger partial charge in [0.25, 0.3) is 0 Å². The number of amides is 1. The van der Waals surface area contributed by atoms with E-state index >= 15 is 0 Å². The van der Waals surface area contributed by atoms with E-state index in [2.05, 4.69) is 29.9 Å². The monoisotopic (exact) mass is 415 g/mol. The maximum absolute atomic E-state index is 12.5. The van der Waals surface area contributed by atoms with Gasteiger partial charge in [-0.05, 0) is 24.3 Å². The van der Waals surface area contributed by atoms with E-state index in [4.69, 9.17) is 4.74 Å². The van der Waals surface area contributed by atoms with Crippen LogP contribution in [0.2, 0.25) is 0 Å². The first-order chi connectivity index (χ1) is 14.4. The van der Waals surface area contributed by atoms with Crippen molar-refractivity contribution in [3.05, 3.63) is 66.3 Å². The van der Waals surface area contributed by atoms with E-state index < -0.39 is 18.2 Å². The van der Waals surface area contributed by atoms with Crippen molar-refractivity contribution in [1.29, 1.82) is 0 Å². The first kappa shape index (κ1) is 19.3. The Morgan fingerprint density at radius 2 is 1.93 bits per heavy atom. The van der Waals surface area contributed by atoms with Gasteiger partial charge in [-0.15, -0.1) is 0 Å². The summed E-state index contributed by atoms with van der Waals surface area (Å²) in [4.78, 5) is 23.4. The molecule has 4 aromatic rings. The molecule has 0 atom stereocenters. The lowest BCUT2D eigenvalue weighted by molar-refractivity contribution is -0.159. The third-order valence-corrected chi connectivity index (χ3v) is 3.94. The standard InChI is InChI=1S/C19H12F3N5O3/c20-19(21,22)17-26-16(27-30-17)13-5-6-15(24-9-13)25-18(28)29-10-11-7-12-3-1-2-4-14(12)23-8-11/h1-9H,10H2,(H,24,25,28). The normalized spacial score (nSPS) is 11.4. The van der Waals surface area contributed by atoms with E-state index in [0.717, 1.165) is 10.9 Å². The van der Waals surface area contributed by atoms with Crippen molar-refractivity contribution in [2.75, 3.05) is 5.32 Å². The summed E-state index contributed by atoms with van der Waals surface area (Å²) in [6.07, 6.45) is -2.66. The van der Waals surface area contributed by atoms with E-state index in [1.165, 1.54) is 18.3 Å². The molecule has 0 spiro atoms. The summed E-state index contributed by atoms with van der Waals surface area (Å²) >= 11 is 0. The molecule has 30 heavy (non-hydrogen) atoms.